The monoisotopic (exact) mass is 370 g/mol. The number of hydrogen-bond acceptors (Lipinski definition) is 2. The lowest BCUT2D eigenvalue weighted by Crippen LogP contribution is -1.94. The first-order valence-electron chi connectivity index (χ1n) is 9.77. The third-order valence-electron chi connectivity index (χ3n) is 4.59. The Morgan fingerprint density at radius 2 is 1.27 bits per heavy atom. The molecule has 0 bridgehead atoms. The molecule has 0 saturated carbocycles. The van der Waals surface area contributed by atoms with E-state index < -0.39 is 5.97 Å². The van der Waals surface area contributed by atoms with E-state index in [-0.39, 0.29) is 0 Å². The maximum atomic E-state index is 10.9. The first-order chi connectivity index (χ1) is 12.7. The van der Waals surface area contributed by atoms with Crippen LogP contribution in [-0.4, -0.2) is 16.8 Å². The highest BCUT2D eigenvalue weighted by atomic mass is 32.2. The van der Waals surface area contributed by atoms with Crippen molar-refractivity contribution in [1.29, 1.82) is 0 Å². The minimum absolute atomic E-state index is 0.325. The van der Waals surface area contributed by atoms with Crippen molar-refractivity contribution >= 4 is 17.7 Å². The molecule has 2 aromatic carbocycles. The molecule has 3 heteroatoms. The molecule has 0 atom stereocenters. The second kappa shape index (κ2) is 11.8. The van der Waals surface area contributed by atoms with Crippen LogP contribution in [0.3, 0.4) is 0 Å². The molecule has 0 saturated heterocycles. The number of carboxylic acids is 1. The Labute approximate surface area is 162 Å². The van der Waals surface area contributed by atoms with E-state index >= 15 is 0 Å². The standard InChI is InChI=1S/C23H30O2S/c1-2-3-4-5-6-7-8-9-18-26-22-16-14-20(15-17-22)19-10-12-21(13-11-19)23(24)25/h10-17H,2-9,18H2,1H3,(H,24,25). The van der Waals surface area contributed by atoms with Gasteiger partial charge in [-0.25, -0.2) is 4.79 Å². The molecule has 1 N–H and O–H groups in total. The minimum atomic E-state index is -0.885. The number of aromatic carboxylic acids is 1. The summed E-state index contributed by atoms with van der Waals surface area (Å²) in [5.41, 5.74) is 2.50. The quantitative estimate of drug-likeness (QED) is 0.315. The number of carboxylic acid groups (broad SMARTS) is 1. The Bertz CT molecular complexity index is 647. The summed E-state index contributed by atoms with van der Waals surface area (Å²) in [7, 11) is 0. The van der Waals surface area contributed by atoms with Gasteiger partial charge in [0, 0.05) is 4.90 Å². The molecule has 2 aromatic rings. The number of rotatable bonds is 12. The molecular formula is C23H30O2S. The average molecular weight is 371 g/mol. The maximum absolute atomic E-state index is 10.9. The van der Waals surface area contributed by atoms with E-state index in [2.05, 4.69) is 31.2 Å². The minimum Gasteiger partial charge on any atom is -0.478 e. The van der Waals surface area contributed by atoms with Gasteiger partial charge in [-0.1, -0.05) is 76.1 Å². The second-order valence-electron chi connectivity index (χ2n) is 6.73. The van der Waals surface area contributed by atoms with Crippen LogP contribution in [0.15, 0.2) is 53.4 Å². The molecule has 0 aromatic heterocycles. The lowest BCUT2D eigenvalue weighted by molar-refractivity contribution is 0.0697. The Balaban J connectivity index is 1.68. The summed E-state index contributed by atoms with van der Waals surface area (Å²) in [4.78, 5) is 12.2. The van der Waals surface area contributed by atoms with E-state index in [0.29, 0.717) is 5.56 Å². The first kappa shape index (κ1) is 20.6. The molecule has 0 spiro atoms. The van der Waals surface area contributed by atoms with Crippen molar-refractivity contribution < 1.29 is 9.90 Å². The summed E-state index contributed by atoms with van der Waals surface area (Å²) in [5.74, 6) is 0.297. The summed E-state index contributed by atoms with van der Waals surface area (Å²) in [6.07, 6.45) is 10.9. The van der Waals surface area contributed by atoms with Crippen LogP contribution in [-0.2, 0) is 0 Å². The van der Waals surface area contributed by atoms with E-state index in [0.717, 1.165) is 11.1 Å². The topological polar surface area (TPSA) is 37.3 Å². The highest BCUT2D eigenvalue weighted by Gasteiger charge is 2.03. The maximum Gasteiger partial charge on any atom is 0.335 e. The van der Waals surface area contributed by atoms with Crippen LogP contribution in [0.1, 0.15) is 68.6 Å². The fourth-order valence-electron chi connectivity index (χ4n) is 2.97. The van der Waals surface area contributed by atoms with Gasteiger partial charge in [0.25, 0.3) is 0 Å². The Morgan fingerprint density at radius 3 is 1.81 bits per heavy atom. The molecule has 2 rings (SSSR count). The summed E-state index contributed by atoms with van der Waals surface area (Å²) in [5, 5.41) is 8.96. The molecule has 0 heterocycles. The first-order valence-corrected chi connectivity index (χ1v) is 10.8. The zero-order chi connectivity index (χ0) is 18.6. The average Bonchev–Trinajstić information content (AvgIpc) is 2.67. The molecule has 0 radical (unpaired) electrons. The fourth-order valence-corrected chi connectivity index (χ4v) is 3.89. The van der Waals surface area contributed by atoms with Gasteiger partial charge in [0.1, 0.15) is 0 Å². The molecule has 0 aliphatic heterocycles. The molecule has 140 valence electrons. The smallest absolute Gasteiger partial charge is 0.335 e. The highest BCUT2D eigenvalue weighted by molar-refractivity contribution is 7.99. The van der Waals surface area contributed by atoms with Gasteiger partial charge >= 0.3 is 5.97 Å². The Morgan fingerprint density at radius 1 is 0.769 bits per heavy atom. The lowest BCUT2D eigenvalue weighted by atomic mass is 10.0. The number of thioether (sulfide) groups is 1. The molecule has 0 aliphatic rings. The van der Waals surface area contributed by atoms with Crippen molar-refractivity contribution in [3.63, 3.8) is 0 Å². The highest BCUT2D eigenvalue weighted by Crippen LogP contribution is 2.25. The van der Waals surface area contributed by atoms with Crippen molar-refractivity contribution in [2.75, 3.05) is 5.75 Å². The second-order valence-corrected chi connectivity index (χ2v) is 7.90. The molecule has 0 unspecified atom stereocenters. The van der Waals surface area contributed by atoms with Gasteiger partial charge in [0.2, 0.25) is 0 Å². The Hall–Kier alpha value is -1.74. The van der Waals surface area contributed by atoms with Crippen LogP contribution in [0, 0.1) is 0 Å². The van der Waals surface area contributed by atoms with Crippen LogP contribution >= 0.6 is 11.8 Å². The van der Waals surface area contributed by atoms with Crippen molar-refractivity contribution in [1.82, 2.24) is 0 Å². The summed E-state index contributed by atoms with van der Waals surface area (Å²) < 4.78 is 0. The molecule has 2 nitrogen and oxygen atoms in total. The molecule has 0 fully saturated rings. The van der Waals surface area contributed by atoms with Gasteiger partial charge in [0.15, 0.2) is 0 Å². The van der Waals surface area contributed by atoms with Crippen molar-refractivity contribution in [3.8, 4) is 11.1 Å². The zero-order valence-electron chi connectivity index (χ0n) is 15.7. The van der Waals surface area contributed by atoms with E-state index in [9.17, 15) is 4.79 Å². The Kier molecular flexibility index (Phi) is 9.33. The predicted molar refractivity (Wildman–Crippen MR) is 112 cm³/mol. The van der Waals surface area contributed by atoms with Gasteiger partial charge in [-0.2, -0.15) is 0 Å². The zero-order valence-corrected chi connectivity index (χ0v) is 16.6. The van der Waals surface area contributed by atoms with E-state index in [1.165, 1.54) is 62.0 Å². The van der Waals surface area contributed by atoms with Crippen LogP contribution < -0.4 is 0 Å². The van der Waals surface area contributed by atoms with Gasteiger partial charge < -0.3 is 5.11 Å². The van der Waals surface area contributed by atoms with Crippen LogP contribution in [0.25, 0.3) is 11.1 Å². The number of hydrogen-bond donors (Lipinski definition) is 1. The third-order valence-corrected chi connectivity index (χ3v) is 5.68. The number of unbranched alkanes of at least 4 members (excludes halogenated alkanes) is 7. The van der Waals surface area contributed by atoms with E-state index in [4.69, 9.17) is 5.11 Å². The van der Waals surface area contributed by atoms with Gasteiger partial charge in [-0.15, -0.1) is 11.8 Å². The molecule has 26 heavy (non-hydrogen) atoms. The van der Waals surface area contributed by atoms with Crippen LogP contribution in [0.4, 0.5) is 0 Å². The molecular weight excluding hydrogens is 340 g/mol. The van der Waals surface area contributed by atoms with Crippen LogP contribution in [0.5, 0.6) is 0 Å². The summed E-state index contributed by atoms with van der Waals surface area (Å²) >= 11 is 1.92. The van der Waals surface area contributed by atoms with Gasteiger partial charge in [0.05, 0.1) is 5.56 Å². The SMILES string of the molecule is CCCCCCCCCCSc1ccc(-c2ccc(C(=O)O)cc2)cc1. The van der Waals surface area contributed by atoms with E-state index in [1.807, 2.05) is 23.9 Å². The van der Waals surface area contributed by atoms with Crippen LogP contribution in [0.2, 0.25) is 0 Å². The largest absolute Gasteiger partial charge is 0.478 e. The predicted octanol–water partition coefficient (Wildman–Crippen LogP) is 7.28. The summed E-state index contributed by atoms with van der Waals surface area (Å²) in [6, 6.07) is 15.6. The normalized spacial score (nSPS) is 10.8. The molecule has 0 amide bonds. The van der Waals surface area contributed by atoms with E-state index in [1.54, 1.807) is 12.1 Å². The third kappa shape index (κ3) is 7.25. The van der Waals surface area contributed by atoms with Crippen molar-refractivity contribution in [2.45, 2.75) is 63.2 Å². The number of carbonyl (C=O) groups is 1. The number of benzene rings is 2. The summed E-state index contributed by atoms with van der Waals surface area (Å²) in [6.45, 7) is 2.26. The van der Waals surface area contributed by atoms with Gasteiger partial charge in [-0.3, -0.25) is 0 Å². The molecule has 0 aliphatic carbocycles. The van der Waals surface area contributed by atoms with Gasteiger partial charge in [-0.05, 0) is 47.6 Å². The fraction of sp³-hybridized carbons (Fsp3) is 0.435. The lowest BCUT2D eigenvalue weighted by Gasteiger charge is -2.05. The van der Waals surface area contributed by atoms with Crippen molar-refractivity contribution in [2.24, 2.45) is 0 Å². The van der Waals surface area contributed by atoms with Crippen molar-refractivity contribution in [3.05, 3.63) is 54.1 Å².